The van der Waals surface area contributed by atoms with Crippen molar-refractivity contribution in [3.05, 3.63) is 65.2 Å². The third-order valence-electron chi connectivity index (χ3n) is 6.36. The molecule has 172 valence electrons. The first-order valence-corrected chi connectivity index (χ1v) is 11.2. The predicted molar refractivity (Wildman–Crippen MR) is 119 cm³/mol. The number of benzene rings is 2. The molecule has 1 amide bonds. The fourth-order valence-corrected chi connectivity index (χ4v) is 4.79. The van der Waals surface area contributed by atoms with E-state index in [1.807, 2.05) is 23.1 Å². The third kappa shape index (κ3) is 5.27. The number of likely N-dealkylation sites (N-methyl/N-ethyl adjacent to an activating group) is 1. The Kier molecular flexibility index (Phi) is 7.06. The number of amides is 1. The molecule has 0 saturated carbocycles. The Bertz CT molecular complexity index is 953. The van der Waals surface area contributed by atoms with Crippen molar-refractivity contribution in [3.63, 3.8) is 0 Å². The molecule has 0 N–H and O–H groups in total. The SMILES string of the molecule is CN(C)C[C@@H]1COc2ccccc2CN1C[C@@H]1CCCN1C(=O)Cc1cc(F)ccc1F. The van der Waals surface area contributed by atoms with E-state index in [4.69, 9.17) is 4.74 Å². The molecule has 2 aromatic rings. The Hall–Kier alpha value is -2.51. The van der Waals surface area contributed by atoms with Gasteiger partial charge in [0.2, 0.25) is 5.91 Å². The zero-order valence-electron chi connectivity index (χ0n) is 18.8. The van der Waals surface area contributed by atoms with Crippen molar-refractivity contribution in [2.24, 2.45) is 0 Å². The van der Waals surface area contributed by atoms with E-state index in [9.17, 15) is 13.6 Å². The second kappa shape index (κ2) is 9.96. The van der Waals surface area contributed by atoms with Gasteiger partial charge in [0.1, 0.15) is 24.0 Å². The summed E-state index contributed by atoms with van der Waals surface area (Å²) in [5.41, 5.74) is 1.26. The van der Waals surface area contributed by atoms with Gasteiger partial charge < -0.3 is 14.5 Å². The van der Waals surface area contributed by atoms with Crippen molar-refractivity contribution in [2.75, 3.05) is 40.3 Å². The van der Waals surface area contributed by atoms with Gasteiger partial charge in [-0.1, -0.05) is 18.2 Å². The zero-order valence-corrected chi connectivity index (χ0v) is 18.8. The van der Waals surface area contributed by atoms with E-state index in [-0.39, 0.29) is 30.0 Å². The molecule has 1 fully saturated rings. The number of likely N-dealkylation sites (tertiary alicyclic amines) is 1. The number of halogens is 2. The zero-order chi connectivity index (χ0) is 22.7. The number of ether oxygens (including phenoxy) is 1. The first-order chi connectivity index (χ1) is 15.4. The molecule has 2 heterocycles. The molecule has 0 radical (unpaired) electrons. The molecule has 2 atom stereocenters. The van der Waals surface area contributed by atoms with Crippen molar-refractivity contribution in [1.82, 2.24) is 14.7 Å². The fraction of sp³-hybridized carbons (Fsp3) is 0.480. The first kappa shape index (κ1) is 22.7. The summed E-state index contributed by atoms with van der Waals surface area (Å²) in [4.78, 5) is 19.5. The maximum absolute atomic E-state index is 14.1. The molecule has 0 aromatic heterocycles. The minimum absolute atomic E-state index is 0.0500. The molecule has 4 rings (SSSR count). The van der Waals surface area contributed by atoms with Crippen molar-refractivity contribution in [2.45, 2.75) is 37.9 Å². The lowest BCUT2D eigenvalue weighted by Crippen LogP contribution is -2.50. The smallest absolute Gasteiger partial charge is 0.227 e. The topological polar surface area (TPSA) is 36.0 Å². The van der Waals surface area contributed by atoms with Crippen LogP contribution < -0.4 is 4.74 Å². The highest BCUT2D eigenvalue weighted by molar-refractivity contribution is 5.79. The van der Waals surface area contributed by atoms with Gasteiger partial charge in [0.25, 0.3) is 0 Å². The number of fused-ring (bicyclic) bond motifs is 1. The average molecular weight is 444 g/mol. The Morgan fingerprint density at radius 2 is 1.97 bits per heavy atom. The van der Waals surface area contributed by atoms with Crippen molar-refractivity contribution < 1.29 is 18.3 Å². The average Bonchev–Trinajstić information content (AvgIpc) is 3.15. The minimum atomic E-state index is -0.539. The van der Waals surface area contributed by atoms with Crippen LogP contribution in [0.3, 0.4) is 0 Å². The lowest BCUT2D eigenvalue weighted by molar-refractivity contribution is -0.131. The number of carbonyl (C=O) groups is 1. The summed E-state index contributed by atoms with van der Waals surface area (Å²) in [6.45, 7) is 3.58. The van der Waals surface area contributed by atoms with Crippen LogP contribution in [0.5, 0.6) is 5.75 Å². The van der Waals surface area contributed by atoms with E-state index < -0.39 is 11.6 Å². The molecule has 2 aliphatic heterocycles. The number of carbonyl (C=O) groups excluding carboxylic acids is 1. The third-order valence-corrected chi connectivity index (χ3v) is 6.36. The Morgan fingerprint density at radius 1 is 1.16 bits per heavy atom. The van der Waals surface area contributed by atoms with Crippen LogP contribution in [0, 0.1) is 11.6 Å². The molecular formula is C25H31F2N3O2. The molecule has 1 saturated heterocycles. The molecule has 2 aromatic carbocycles. The molecule has 32 heavy (non-hydrogen) atoms. The van der Waals surface area contributed by atoms with Gasteiger partial charge in [-0.15, -0.1) is 0 Å². The molecule has 0 bridgehead atoms. The van der Waals surface area contributed by atoms with Crippen LogP contribution in [0.2, 0.25) is 0 Å². The van der Waals surface area contributed by atoms with Crippen LogP contribution in [0.1, 0.15) is 24.0 Å². The van der Waals surface area contributed by atoms with Crippen LogP contribution in [0.4, 0.5) is 8.78 Å². The second-order valence-electron chi connectivity index (χ2n) is 9.06. The molecule has 2 aliphatic rings. The summed E-state index contributed by atoms with van der Waals surface area (Å²) in [6, 6.07) is 11.6. The van der Waals surface area contributed by atoms with Crippen LogP contribution in [-0.2, 0) is 17.8 Å². The van der Waals surface area contributed by atoms with E-state index in [2.05, 4.69) is 30.0 Å². The summed E-state index contributed by atoms with van der Waals surface area (Å²) in [5.74, 6) is -0.294. The molecule has 0 aliphatic carbocycles. The summed E-state index contributed by atoms with van der Waals surface area (Å²) < 4.78 is 33.7. The fourth-order valence-electron chi connectivity index (χ4n) is 4.79. The first-order valence-electron chi connectivity index (χ1n) is 11.2. The Balaban J connectivity index is 1.49. The second-order valence-corrected chi connectivity index (χ2v) is 9.06. The normalized spacial score (nSPS) is 21.3. The highest BCUT2D eigenvalue weighted by atomic mass is 19.1. The Labute approximate surface area is 188 Å². The van der Waals surface area contributed by atoms with Gasteiger partial charge in [0, 0.05) is 43.3 Å². The largest absolute Gasteiger partial charge is 0.492 e. The Morgan fingerprint density at radius 3 is 2.78 bits per heavy atom. The molecule has 0 unspecified atom stereocenters. The number of rotatable bonds is 6. The van der Waals surface area contributed by atoms with Gasteiger partial charge in [-0.05, 0) is 51.2 Å². The number of para-hydroxylation sites is 1. The van der Waals surface area contributed by atoms with Crippen molar-refractivity contribution >= 4 is 5.91 Å². The maximum Gasteiger partial charge on any atom is 0.227 e. The van der Waals surface area contributed by atoms with Gasteiger partial charge in [-0.2, -0.15) is 0 Å². The van der Waals surface area contributed by atoms with Crippen LogP contribution in [0.15, 0.2) is 42.5 Å². The highest BCUT2D eigenvalue weighted by Gasteiger charge is 2.34. The number of nitrogens with zero attached hydrogens (tertiary/aromatic N) is 3. The summed E-state index contributed by atoms with van der Waals surface area (Å²) in [5, 5.41) is 0. The van der Waals surface area contributed by atoms with E-state index in [1.54, 1.807) is 0 Å². The monoisotopic (exact) mass is 443 g/mol. The van der Waals surface area contributed by atoms with Gasteiger partial charge in [-0.25, -0.2) is 8.78 Å². The molecule has 5 nitrogen and oxygen atoms in total. The van der Waals surface area contributed by atoms with Crippen LogP contribution in [-0.4, -0.2) is 73.0 Å². The van der Waals surface area contributed by atoms with E-state index in [0.29, 0.717) is 13.2 Å². The standard InChI is InChI=1S/C25H31F2N3O2/c1-28(2)15-22-17-32-24-8-4-3-6-18(24)14-29(22)16-21-7-5-11-30(21)25(31)13-19-12-20(26)9-10-23(19)27/h3-4,6,8-10,12,21-22H,5,7,11,13-17H2,1-2H3/t21-,22+/m0/s1. The van der Waals surface area contributed by atoms with Gasteiger partial charge in [0.05, 0.1) is 12.5 Å². The maximum atomic E-state index is 14.1. The van der Waals surface area contributed by atoms with Gasteiger partial charge in [-0.3, -0.25) is 9.69 Å². The predicted octanol–water partition coefficient (Wildman–Crippen LogP) is 3.32. The summed E-state index contributed by atoms with van der Waals surface area (Å²) >= 11 is 0. The number of hydrogen-bond acceptors (Lipinski definition) is 4. The number of hydrogen-bond donors (Lipinski definition) is 0. The molecule has 0 spiro atoms. The van der Waals surface area contributed by atoms with Crippen molar-refractivity contribution in [3.8, 4) is 5.75 Å². The molecular weight excluding hydrogens is 412 g/mol. The van der Waals surface area contributed by atoms with E-state index in [1.165, 1.54) is 0 Å². The summed E-state index contributed by atoms with van der Waals surface area (Å²) in [7, 11) is 4.10. The summed E-state index contributed by atoms with van der Waals surface area (Å²) in [6.07, 6.45) is 1.71. The van der Waals surface area contributed by atoms with Gasteiger partial charge >= 0.3 is 0 Å². The molecule has 7 heteroatoms. The lowest BCUT2D eigenvalue weighted by Gasteiger charge is -2.35. The highest BCUT2D eigenvalue weighted by Crippen LogP contribution is 2.28. The van der Waals surface area contributed by atoms with Gasteiger partial charge in [0.15, 0.2) is 0 Å². The van der Waals surface area contributed by atoms with E-state index >= 15 is 0 Å². The van der Waals surface area contributed by atoms with Crippen LogP contribution >= 0.6 is 0 Å². The van der Waals surface area contributed by atoms with Crippen LogP contribution in [0.25, 0.3) is 0 Å². The minimum Gasteiger partial charge on any atom is -0.492 e. The lowest BCUT2D eigenvalue weighted by atomic mass is 10.1. The van der Waals surface area contributed by atoms with E-state index in [0.717, 1.165) is 62.0 Å². The van der Waals surface area contributed by atoms with Crippen molar-refractivity contribution in [1.29, 1.82) is 0 Å². The quantitative estimate of drug-likeness (QED) is 0.686.